The van der Waals surface area contributed by atoms with E-state index >= 15 is 0 Å². The summed E-state index contributed by atoms with van der Waals surface area (Å²) in [5.41, 5.74) is 1.81. The van der Waals surface area contributed by atoms with Crippen LogP contribution in [0.15, 0.2) is 54.6 Å². The molecule has 2 aromatic carbocycles. The summed E-state index contributed by atoms with van der Waals surface area (Å²) >= 11 is 11.8. The van der Waals surface area contributed by atoms with Crippen LogP contribution in [0.1, 0.15) is 5.82 Å². The molecule has 0 radical (unpaired) electrons. The molecule has 1 aromatic heterocycles. The fourth-order valence-corrected chi connectivity index (χ4v) is 2.31. The number of hydrogen-bond donors (Lipinski definition) is 2. The maximum absolute atomic E-state index is 5.89. The van der Waals surface area contributed by atoms with Crippen LogP contribution in [0.3, 0.4) is 0 Å². The third kappa shape index (κ3) is 4.34. The fraction of sp³-hybridized carbons (Fsp3) is 0.0588. The Morgan fingerprint density at radius 2 is 1.09 bits per heavy atom. The monoisotopic (exact) mass is 344 g/mol. The molecule has 0 aliphatic heterocycles. The van der Waals surface area contributed by atoms with E-state index in [1.54, 1.807) is 0 Å². The number of aryl methyl sites for hydroxylation is 1. The molecular weight excluding hydrogens is 331 g/mol. The van der Waals surface area contributed by atoms with Gasteiger partial charge < -0.3 is 10.6 Å². The molecule has 23 heavy (non-hydrogen) atoms. The molecule has 0 aliphatic rings. The van der Waals surface area contributed by atoms with Gasteiger partial charge in [0.25, 0.3) is 0 Å². The minimum Gasteiger partial charge on any atom is -0.340 e. The molecule has 0 spiro atoms. The first-order valence-corrected chi connectivity index (χ1v) is 7.75. The quantitative estimate of drug-likeness (QED) is 0.648. The van der Waals surface area contributed by atoms with Gasteiger partial charge in [-0.3, -0.25) is 0 Å². The molecule has 116 valence electrons. The van der Waals surface area contributed by atoms with Crippen molar-refractivity contribution in [2.24, 2.45) is 0 Å². The first-order valence-electron chi connectivity index (χ1n) is 6.99. The number of nitrogens with zero attached hydrogens (tertiary/aromatic N) is 2. The van der Waals surface area contributed by atoms with E-state index in [9.17, 15) is 0 Å². The van der Waals surface area contributed by atoms with Gasteiger partial charge in [-0.25, -0.2) is 9.97 Å². The van der Waals surface area contributed by atoms with Gasteiger partial charge in [-0.2, -0.15) is 0 Å². The van der Waals surface area contributed by atoms with Crippen LogP contribution in [0.4, 0.5) is 23.0 Å². The van der Waals surface area contributed by atoms with E-state index in [1.807, 2.05) is 61.5 Å². The summed E-state index contributed by atoms with van der Waals surface area (Å²) in [6.45, 7) is 1.85. The maximum atomic E-state index is 5.89. The van der Waals surface area contributed by atoms with Crippen molar-refractivity contribution in [3.8, 4) is 0 Å². The highest BCUT2D eigenvalue weighted by Gasteiger charge is 2.03. The second kappa shape index (κ2) is 6.86. The van der Waals surface area contributed by atoms with E-state index in [2.05, 4.69) is 20.6 Å². The zero-order chi connectivity index (χ0) is 16.2. The third-order valence-electron chi connectivity index (χ3n) is 3.07. The van der Waals surface area contributed by atoms with Gasteiger partial charge in [-0.1, -0.05) is 23.2 Å². The van der Waals surface area contributed by atoms with Crippen LogP contribution in [-0.2, 0) is 0 Å². The summed E-state index contributed by atoms with van der Waals surface area (Å²) < 4.78 is 0. The van der Waals surface area contributed by atoms with Crippen LogP contribution in [0.25, 0.3) is 0 Å². The van der Waals surface area contributed by atoms with Crippen molar-refractivity contribution in [1.82, 2.24) is 9.97 Å². The standard InChI is InChI=1S/C17H14Cl2N4/c1-11-20-16(22-14-6-2-12(18)3-7-14)10-17(21-11)23-15-8-4-13(19)5-9-15/h2-10H,1H3,(H2,20,21,22,23). The fourth-order valence-electron chi connectivity index (χ4n) is 2.06. The molecule has 0 saturated carbocycles. The number of rotatable bonds is 4. The van der Waals surface area contributed by atoms with Crippen molar-refractivity contribution >= 4 is 46.2 Å². The summed E-state index contributed by atoms with van der Waals surface area (Å²) in [5.74, 6) is 2.08. The average molecular weight is 345 g/mol. The highest BCUT2D eigenvalue weighted by Crippen LogP contribution is 2.22. The van der Waals surface area contributed by atoms with Crippen LogP contribution in [0, 0.1) is 6.92 Å². The minimum atomic E-state index is 0.667. The van der Waals surface area contributed by atoms with Crippen molar-refractivity contribution in [2.45, 2.75) is 6.92 Å². The van der Waals surface area contributed by atoms with Crippen LogP contribution in [0.5, 0.6) is 0 Å². The van der Waals surface area contributed by atoms with E-state index in [0.29, 0.717) is 27.5 Å². The van der Waals surface area contributed by atoms with E-state index in [4.69, 9.17) is 23.2 Å². The molecule has 0 saturated heterocycles. The average Bonchev–Trinajstić information content (AvgIpc) is 2.51. The van der Waals surface area contributed by atoms with Crippen molar-refractivity contribution in [2.75, 3.05) is 10.6 Å². The van der Waals surface area contributed by atoms with E-state index in [-0.39, 0.29) is 0 Å². The predicted molar refractivity (Wildman–Crippen MR) is 96.2 cm³/mol. The number of nitrogens with one attached hydrogen (secondary N) is 2. The molecule has 0 atom stereocenters. The number of halogens is 2. The van der Waals surface area contributed by atoms with E-state index < -0.39 is 0 Å². The Morgan fingerprint density at radius 1 is 0.696 bits per heavy atom. The normalized spacial score (nSPS) is 10.4. The van der Waals surface area contributed by atoms with Crippen LogP contribution >= 0.6 is 23.2 Å². The topological polar surface area (TPSA) is 49.8 Å². The van der Waals surface area contributed by atoms with Gasteiger partial charge in [0.2, 0.25) is 0 Å². The smallest absolute Gasteiger partial charge is 0.136 e. The predicted octanol–water partition coefficient (Wildman–Crippen LogP) is 5.58. The summed E-state index contributed by atoms with van der Waals surface area (Å²) in [7, 11) is 0. The number of anilines is 4. The Hall–Kier alpha value is -2.30. The Labute approximate surface area is 144 Å². The SMILES string of the molecule is Cc1nc(Nc2ccc(Cl)cc2)cc(Nc2ccc(Cl)cc2)n1. The minimum absolute atomic E-state index is 0.667. The second-order valence-electron chi connectivity index (χ2n) is 4.95. The number of benzene rings is 2. The van der Waals surface area contributed by atoms with E-state index in [0.717, 1.165) is 11.4 Å². The molecule has 4 nitrogen and oxygen atoms in total. The zero-order valence-electron chi connectivity index (χ0n) is 12.3. The molecular formula is C17H14Cl2N4. The highest BCUT2D eigenvalue weighted by atomic mass is 35.5. The Bertz CT molecular complexity index is 736. The molecule has 0 unspecified atom stereocenters. The van der Waals surface area contributed by atoms with Gasteiger partial charge in [-0.05, 0) is 55.5 Å². The van der Waals surface area contributed by atoms with Gasteiger partial charge in [0.1, 0.15) is 17.5 Å². The van der Waals surface area contributed by atoms with Gasteiger partial charge in [0.05, 0.1) is 0 Å². The van der Waals surface area contributed by atoms with Gasteiger partial charge in [0, 0.05) is 27.5 Å². The lowest BCUT2D eigenvalue weighted by Crippen LogP contribution is -2.01. The van der Waals surface area contributed by atoms with Crippen molar-refractivity contribution in [3.05, 3.63) is 70.5 Å². The van der Waals surface area contributed by atoms with Crippen LogP contribution in [0.2, 0.25) is 10.0 Å². The lowest BCUT2D eigenvalue weighted by molar-refractivity contribution is 1.06. The van der Waals surface area contributed by atoms with Crippen LogP contribution < -0.4 is 10.6 Å². The van der Waals surface area contributed by atoms with Crippen molar-refractivity contribution in [3.63, 3.8) is 0 Å². The zero-order valence-corrected chi connectivity index (χ0v) is 13.9. The highest BCUT2D eigenvalue weighted by molar-refractivity contribution is 6.30. The lowest BCUT2D eigenvalue weighted by Gasteiger charge is -2.10. The number of aromatic nitrogens is 2. The molecule has 0 fully saturated rings. The second-order valence-corrected chi connectivity index (χ2v) is 5.82. The molecule has 3 rings (SSSR count). The van der Waals surface area contributed by atoms with Gasteiger partial charge >= 0.3 is 0 Å². The third-order valence-corrected chi connectivity index (χ3v) is 3.58. The first-order chi connectivity index (χ1) is 11.1. The molecule has 3 aromatic rings. The Kier molecular flexibility index (Phi) is 4.65. The van der Waals surface area contributed by atoms with Crippen molar-refractivity contribution < 1.29 is 0 Å². The van der Waals surface area contributed by atoms with Crippen LogP contribution in [-0.4, -0.2) is 9.97 Å². The molecule has 0 aliphatic carbocycles. The summed E-state index contributed by atoms with van der Waals surface area (Å²) in [6.07, 6.45) is 0. The van der Waals surface area contributed by atoms with E-state index in [1.165, 1.54) is 0 Å². The lowest BCUT2D eigenvalue weighted by atomic mass is 10.3. The molecule has 2 N–H and O–H groups in total. The van der Waals surface area contributed by atoms with Crippen molar-refractivity contribution in [1.29, 1.82) is 0 Å². The molecule has 6 heteroatoms. The molecule has 1 heterocycles. The molecule has 0 bridgehead atoms. The first kappa shape index (κ1) is 15.6. The maximum Gasteiger partial charge on any atom is 0.136 e. The summed E-state index contributed by atoms with van der Waals surface area (Å²) in [4.78, 5) is 8.78. The summed E-state index contributed by atoms with van der Waals surface area (Å²) in [6, 6.07) is 16.7. The Morgan fingerprint density at radius 3 is 1.48 bits per heavy atom. The largest absolute Gasteiger partial charge is 0.340 e. The summed E-state index contributed by atoms with van der Waals surface area (Å²) in [5, 5.41) is 7.86. The van der Waals surface area contributed by atoms with Gasteiger partial charge in [-0.15, -0.1) is 0 Å². The van der Waals surface area contributed by atoms with Gasteiger partial charge in [0.15, 0.2) is 0 Å². The Balaban J connectivity index is 1.81. The number of hydrogen-bond acceptors (Lipinski definition) is 4. The molecule has 0 amide bonds.